The van der Waals surface area contributed by atoms with Crippen LogP contribution in [0.4, 0.5) is 4.39 Å². The van der Waals surface area contributed by atoms with Crippen molar-refractivity contribution in [2.45, 2.75) is 45.3 Å². The summed E-state index contributed by atoms with van der Waals surface area (Å²) in [5.41, 5.74) is 5.97. The SMILES string of the molecule is CCOC(=O)c1c(CCc2ccc(F)cc2)cc2c(c1-c1ccc(C(=O)OCc3ccccc3)cc1)C(=O)N1CCC[C@@H]21. The molecule has 2 aliphatic heterocycles. The smallest absolute Gasteiger partial charge is 0.339 e. The van der Waals surface area contributed by atoms with Crippen molar-refractivity contribution in [3.8, 4) is 11.1 Å². The van der Waals surface area contributed by atoms with E-state index in [4.69, 9.17) is 9.47 Å². The molecule has 4 aromatic carbocycles. The third-order valence-corrected chi connectivity index (χ3v) is 8.22. The second-order valence-corrected chi connectivity index (χ2v) is 10.9. The molecule has 1 saturated heterocycles. The lowest BCUT2D eigenvalue weighted by Crippen LogP contribution is -2.23. The van der Waals surface area contributed by atoms with Crippen molar-refractivity contribution in [2.24, 2.45) is 0 Å². The zero-order valence-electron chi connectivity index (χ0n) is 24.0. The average Bonchev–Trinajstić information content (AvgIpc) is 3.62. The molecule has 6 nitrogen and oxygen atoms in total. The second kappa shape index (κ2) is 12.2. The number of carbonyl (C=O) groups is 3. The van der Waals surface area contributed by atoms with Crippen LogP contribution < -0.4 is 0 Å². The molecule has 0 N–H and O–H groups in total. The molecule has 1 fully saturated rings. The van der Waals surface area contributed by atoms with Gasteiger partial charge in [-0.2, -0.15) is 0 Å². The molecule has 7 heteroatoms. The number of fused-ring (bicyclic) bond motifs is 3. The predicted molar refractivity (Wildman–Crippen MR) is 160 cm³/mol. The van der Waals surface area contributed by atoms with Crippen LogP contribution in [-0.4, -0.2) is 35.9 Å². The van der Waals surface area contributed by atoms with E-state index in [-0.39, 0.29) is 31.0 Å². The number of rotatable bonds is 9. The summed E-state index contributed by atoms with van der Waals surface area (Å²) in [6, 6.07) is 24.6. The first-order valence-electron chi connectivity index (χ1n) is 14.7. The summed E-state index contributed by atoms with van der Waals surface area (Å²) < 4.78 is 24.6. The first kappa shape index (κ1) is 28.3. The summed E-state index contributed by atoms with van der Waals surface area (Å²) in [6.45, 7) is 2.76. The highest BCUT2D eigenvalue weighted by atomic mass is 19.1. The van der Waals surface area contributed by atoms with E-state index in [1.165, 1.54) is 12.1 Å². The molecule has 0 spiro atoms. The lowest BCUT2D eigenvalue weighted by Gasteiger charge is -2.19. The minimum atomic E-state index is -0.499. The van der Waals surface area contributed by atoms with Crippen LogP contribution in [0.2, 0.25) is 0 Å². The van der Waals surface area contributed by atoms with Crippen molar-refractivity contribution in [3.63, 3.8) is 0 Å². The van der Waals surface area contributed by atoms with Gasteiger partial charge in [-0.3, -0.25) is 4.79 Å². The Labute approximate surface area is 250 Å². The molecule has 2 heterocycles. The van der Waals surface area contributed by atoms with Crippen LogP contribution in [0.1, 0.15) is 79.1 Å². The second-order valence-electron chi connectivity index (χ2n) is 10.9. The summed E-state index contributed by atoms with van der Waals surface area (Å²) in [6.07, 6.45) is 2.88. The summed E-state index contributed by atoms with van der Waals surface area (Å²) in [4.78, 5) is 42.1. The van der Waals surface area contributed by atoms with Gasteiger partial charge in [-0.1, -0.05) is 60.7 Å². The van der Waals surface area contributed by atoms with Crippen LogP contribution in [0.15, 0.2) is 84.9 Å². The zero-order valence-corrected chi connectivity index (χ0v) is 24.0. The largest absolute Gasteiger partial charge is 0.462 e. The van der Waals surface area contributed by atoms with Gasteiger partial charge < -0.3 is 14.4 Å². The molecule has 1 amide bonds. The fourth-order valence-electron chi connectivity index (χ4n) is 6.16. The average molecular weight is 578 g/mol. The zero-order chi connectivity index (χ0) is 29.9. The highest BCUT2D eigenvalue weighted by Crippen LogP contribution is 2.47. The van der Waals surface area contributed by atoms with E-state index in [9.17, 15) is 18.8 Å². The molecule has 43 heavy (non-hydrogen) atoms. The van der Waals surface area contributed by atoms with Gasteiger partial charge in [0, 0.05) is 12.1 Å². The van der Waals surface area contributed by atoms with Crippen molar-refractivity contribution in [1.82, 2.24) is 4.90 Å². The maximum atomic E-state index is 13.8. The fraction of sp³-hybridized carbons (Fsp3) is 0.250. The number of benzene rings is 4. The topological polar surface area (TPSA) is 72.9 Å². The van der Waals surface area contributed by atoms with Crippen LogP contribution in [0.25, 0.3) is 11.1 Å². The van der Waals surface area contributed by atoms with Crippen LogP contribution in [0.3, 0.4) is 0 Å². The highest BCUT2D eigenvalue weighted by Gasteiger charge is 2.43. The van der Waals surface area contributed by atoms with Crippen molar-refractivity contribution >= 4 is 17.8 Å². The lowest BCUT2D eigenvalue weighted by atomic mass is 9.84. The number of amides is 1. The van der Waals surface area contributed by atoms with Gasteiger partial charge in [0.05, 0.1) is 29.3 Å². The Bertz CT molecular complexity index is 1670. The third kappa shape index (κ3) is 5.67. The third-order valence-electron chi connectivity index (χ3n) is 8.22. The Morgan fingerprint density at radius 3 is 2.33 bits per heavy atom. The molecule has 0 aromatic heterocycles. The van der Waals surface area contributed by atoms with E-state index in [1.54, 1.807) is 43.3 Å². The summed E-state index contributed by atoms with van der Waals surface area (Å²) in [5.74, 6) is -1.35. The van der Waals surface area contributed by atoms with E-state index in [1.807, 2.05) is 41.3 Å². The van der Waals surface area contributed by atoms with Crippen LogP contribution in [0.5, 0.6) is 0 Å². The Morgan fingerprint density at radius 1 is 0.860 bits per heavy atom. The number of aryl methyl sites for hydroxylation is 2. The Balaban J connectivity index is 1.40. The number of hydrogen-bond acceptors (Lipinski definition) is 5. The van der Waals surface area contributed by atoms with E-state index < -0.39 is 11.9 Å². The molecule has 4 aromatic rings. The molecule has 0 radical (unpaired) electrons. The molecule has 0 aliphatic carbocycles. The van der Waals surface area contributed by atoms with Gasteiger partial charge in [-0.25, -0.2) is 14.0 Å². The quantitative estimate of drug-likeness (QED) is 0.198. The van der Waals surface area contributed by atoms with Crippen LogP contribution in [0, 0.1) is 5.82 Å². The van der Waals surface area contributed by atoms with E-state index in [0.29, 0.717) is 47.2 Å². The number of ether oxygens (including phenoxy) is 2. The van der Waals surface area contributed by atoms with Gasteiger partial charge in [-0.15, -0.1) is 0 Å². The maximum absolute atomic E-state index is 13.8. The monoisotopic (exact) mass is 577 g/mol. The first-order valence-corrected chi connectivity index (χ1v) is 14.7. The van der Waals surface area contributed by atoms with Crippen LogP contribution in [-0.2, 0) is 28.9 Å². The van der Waals surface area contributed by atoms with Gasteiger partial charge in [0.25, 0.3) is 5.91 Å². The Hall–Kier alpha value is -4.78. The minimum Gasteiger partial charge on any atom is -0.462 e. The van der Waals surface area contributed by atoms with Gasteiger partial charge in [-0.05, 0) is 84.7 Å². The lowest BCUT2D eigenvalue weighted by molar-refractivity contribution is 0.0471. The normalized spacial score (nSPS) is 15.3. The number of nitrogens with zero attached hydrogens (tertiary/aromatic N) is 1. The van der Waals surface area contributed by atoms with Gasteiger partial charge in [0.2, 0.25) is 0 Å². The molecule has 0 bridgehead atoms. The van der Waals surface area contributed by atoms with Crippen molar-refractivity contribution < 1.29 is 28.2 Å². The Morgan fingerprint density at radius 2 is 1.60 bits per heavy atom. The molecule has 0 saturated carbocycles. The first-order chi connectivity index (χ1) is 20.9. The molecule has 6 rings (SSSR count). The van der Waals surface area contributed by atoms with Crippen molar-refractivity contribution in [2.75, 3.05) is 13.2 Å². The number of esters is 2. The van der Waals surface area contributed by atoms with Crippen LogP contribution >= 0.6 is 0 Å². The molecular weight excluding hydrogens is 545 g/mol. The van der Waals surface area contributed by atoms with Gasteiger partial charge in [0.1, 0.15) is 12.4 Å². The highest BCUT2D eigenvalue weighted by molar-refractivity contribution is 6.11. The summed E-state index contributed by atoms with van der Waals surface area (Å²) in [7, 11) is 0. The standard InChI is InChI=1S/C36H32FNO5/c1-2-42-36(41)32-27(13-10-23-11-18-28(37)19-12-23)21-29-30-9-6-20-38(30)34(39)33(29)31(32)25-14-16-26(17-15-25)35(40)43-22-24-7-4-3-5-8-24/h3-5,7-8,11-12,14-19,21,30H,2,6,9-10,13,20,22H2,1H3/t30-/m0/s1. The van der Waals surface area contributed by atoms with Crippen molar-refractivity contribution in [1.29, 1.82) is 0 Å². The number of halogens is 1. The van der Waals surface area contributed by atoms with E-state index in [0.717, 1.165) is 35.1 Å². The number of hydrogen-bond donors (Lipinski definition) is 0. The molecule has 1 atom stereocenters. The summed E-state index contributed by atoms with van der Waals surface area (Å²) >= 11 is 0. The Kier molecular flexibility index (Phi) is 8.05. The maximum Gasteiger partial charge on any atom is 0.339 e. The van der Waals surface area contributed by atoms with E-state index >= 15 is 0 Å². The number of carbonyl (C=O) groups excluding carboxylic acids is 3. The summed E-state index contributed by atoms with van der Waals surface area (Å²) in [5, 5.41) is 0. The fourth-order valence-corrected chi connectivity index (χ4v) is 6.16. The van der Waals surface area contributed by atoms with Gasteiger partial charge in [0.15, 0.2) is 0 Å². The van der Waals surface area contributed by atoms with E-state index in [2.05, 4.69) is 0 Å². The predicted octanol–water partition coefficient (Wildman–Crippen LogP) is 7.10. The van der Waals surface area contributed by atoms with Crippen molar-refractivity contribution in [3.05, 3.63) is 130 Å². The van der Waals surface area contributed by atoms with Gasteiger partial charge >= 0.3 is 11.9 Å². The molecule has 0 unspecified atom stereocenters. The molecule has 2 aliphatic rings. The molecule has 218 valence electrons. The molecular formula is C36H32FNO5. The minimum absolute atomic E-state index is 0.0331.